The van der Waals surface area contributed by atoms with E-state index in [9.17, 15) is 4.79 Å². The number of rotatable bonds is 6. The van der Waals surface area contributed by atoms with Crippen molar-refractivity contribution >= 4 is 29.0 Å². The Balaban J connectivity index is 1.72. The summed E-state index contributed by atoms with van der Waals surface area (Å²) in [7, 11) is 0. The van der Waals surface area contributed by atoms with Gasteiger partial charge in [-0.3, -0.25) is 4.79 Å². The molecule has 0 bridgehead atoms. The second-order valence-electron chi connectivity index (χ2n) is 6.05. The summed E-state index contributed by atoms with van der Waals surface area (Å²) < 4.78 is 0. The summed E-state index contributed by atoms with van der Waals surface area (Å²) in [4.78, 5) is 14.7. The number of para-hydroxylation sites is 1. The Kier molecular flexibility index (Phi) is 6.03. The highest BCUT2D eigenvalue weighted by atomic mass is 32.1. The molecule has 1 aromatic heterocycles. The van der Waals surface area contributed by atoms with E-state index in [4.69, 9.17) is 0 Å². The van der Waals surface area contributed by atoms with Crippen LogP contribution in [-0.4, -0.2) is 5.91 Å². The minimum atomic E-state index is -0.0877. The zero-order chi connectivity index (χ0) is 18.4. The Morgan fingerprint density at radius 1 is 0.923 bits per heavy atom. The van der Waals surface area contributed by atoms with Gasteiger partial charge in [-0.25, -0.2) is 0 Å². The van der Waals surface area contributed by atoms with E-state index >= 15 is 0 Å². The summed E-state index contributed by atoms with van der Waals surface area (Å²) in [5, 5.41) is 3.07. The first-order chi connectivity index (χ1) is 12.7. The third-order valence-corrected chi connectivity index (χ3v) is 5.43. The SMILES string of the molecule is CCc1cccc(CC)c1NC(=O)/C=C/c1ccc(-c2ccccc2)s1. The number of carbonyl (C=O) groups excluding carboxylic acids is 1. The third-order valence-electron chi connectivity index (χ3n) is 4.33. The minimum absolute atomic E-state index is 0.0877. The number of hydrogen-bond acceptors (Lipinski definition) is 2. The molecular weight excluding hydrogens is 338 g/mol. The molecule has 26 heavy (non-hydrogen) atoms. The number of anilines is 1. The molecule has 0 atom stereocenters. The lowest BCUT2D eigenvalue weighted by atomic mass is 10.0. The Hall–Kier alpha value is -2.65. The van der Waals surface area contributed by atoms with Crippen molar-refractivity contribution < 1.29 is 4.79 Å². The van der Waals surface area contributed by atoms with Crippen LogP contribution in [0.2, 0.25) is 0 Å². The van der Waals surface area contributed by atoms with Crippen LogP contribution in [0.5, 0.6) is 0 Å². The Morgan fingerprint density at radius 3 is 2.27 bits per heavy atom. The average Bonchev–Trinajstić information content (AvgIpc) is 3.16. The number of aryl methyl sites for hydroxylation is 2. The summed E-state index contributed by atoms with van der Waals surface area (Å²) in [5.74, 6) is -0.0877. The van der Waals surface area contributed by atoms with Gasteiger partial charge in [-0.2, -0.15) is 0 Å². The van der Waals surface area contributed by atoms with Crippen molar-refractivity contribution in [1.29, 1.82) is 0 Å². The van der Waals surface area contributed by atoms with Gasteiger partial charge in [-0.1, -0.05) is 62.4 Å². The predicted molar refractivity (Wildman–Crippen MR) is 113 cm³/mol. The maximum absolute atomic E-state index is 12.4. The van der Waals surface area contributed by atoms with Crippen LogP contribution in [0.3, 0.4) is 0 Å². The van der Waals surface area contributed by atoms with Gasteiger partial charge in [0.1, 0.15) is 0 Å². The number of nitrogens with one attached hydrogen (secondary N) is 1. The lowest BCUT2D eigenvalue weighted by Gasteiger charge is -2.13. The lowest BCUT2D eigenvalue weighted by molar-refractivity contribution is -0.111. The van der Waals surface area contributed by atoms with Crippen LogP contribution < -0.4 is 5.32 Å². The van der Waals surface area contributed by atoms with Gasteiger partial charge >= 0.3 is 0 Å². The molecular formula is C23H23NOS. The van der Waals surface area contributed by atoms with E-state index in [2.05, 4.69) is 55.6 Å². The normalized spacial score (nSPS) is 11.0. The van der Waals surface area contributed by atoms with Crippen LogP contribution in [0.15, 0.2) is 66.7 Å². The quantitative estimate of drug-likeness (QED) is 0.521. The molecule has 0 spiro atoms. The van der Waals surface area contributed by atoms with Crippen LogP contribution >= 0.6 is 11.3 Å². The van der Waals surface area contributed by atoms with Crippen molar-refractivity contribution in [2.45, 2.75) is 26.7 Å². The third kappa shape index (κ3) is 4.30. The maximum atomic E-state index is 12.4. The number of benzene rings is 2. The Bertz CT molecular complexity index is 887. The van der Waals surface area contributed by atoms with Crippen molar-refractivity contribution in [3.63, 3.8) is 0 Å². The molecule has 0 saturated heterocycles. The molecule has 132 valence electrons. The molecule has 0 radical (unpaired) electrons. The van der Waals surface area contributed by atoms with Crippen LogP contribution in [-0.2, 0) is 17.6 Å². The molecule has 3 aromatic rings. The molecule has 0 aliphatic heterocycles. The highest BCUT2D eigenvalue weighted by molar-refractivity contribution is 7.16. The van der Waals surface area contributed by atoms with E-state index in [1.54, 1.807) is 17.4 Å². The maximum Gasteiger partial charge on any atom is 0.248 e. The largest absolute Gasteiger partial charge is 0.322 e. The topological polar surface area (TPSA) is 29.1 Å². The smallest absolute Gasteiger partial charge is 0.248 e. The minimum Gasteiger partial charge on any atom is -0.322 e. The monoisotopic (exact) mass is 361 g/mol. The molecule has 3 heteroatoms. The average molecular weight is 362 g/mol. The zero-order valence-corrected chi connectivity index (χ0v) is 16.0. The summed E-state index contributed by atoms with van der Waals surface area (Å²) in [5.41, 5.74) is 4.51. The molecule has 0 aliphatic carbocycles. The first-order valence-electron chi connectivity index (χ1n) is 8.96. The highest BCUT2D eigenvalue weighted by Gasteiger charge is 2.08. The van der Waals surface area contributed by atoms with Crippen LogP contribution in [0, 0.1) is 0 Å². The molecule has 1 heterocycles. The van der Waals surface area contributed by atoms with E-state index in [-0.39, 0.29) is 5.91 Å². The van der Waals surface area contributed by atoms with Gasteiger partial charge < -0.3 is 5.32 Å². The van der Waals surface area contributed by atoms with Gasteiger partial charge in [0.15, 0.2) is 0 Å². The van der Waals surface area contributed by atoms with Gasteiger partial charge in [0.05, 0.1) is 0 Å². The predicted octanol–water partition coefficient (Wildman–Crippen LogP) is 6.19. The molecule has 0 unspecified atom stereocenters. The van der Waals surface area contributed by atoms with Gasteiger partial charge in [0, 0.05) is 21.5 Å². The summed E-state index contributed by atoms with van der Waals surface area (Å²) in [6.45, 7) is 4.22. The fourth-order valence-corrected chi connectivity index (χ4v) is 3.84. The molecule has 2 nitrogen and oxygen atoms in total. The second kappa shape index (κ2) is 8.63. The number of amides is 1. The van der Waals surface area contributed by atoms with Gasteiger partial charge in [0.2, 0.25) is 5.91 Å². The molecule has 1 amide bonds. The van der Waals surface area contributed by atoms with Crippen LogP contribution in [0.4, 0.5) is 5.69 Å². The molecule has 0 fully saturated rings. The van der Waals surface area contributed by atoms with Crippen molar-refractivity contribution in [2.24, 2.45) is 0 Å². The fraction of sp³-hybridized carbons (Fsp3) is 0.174. The van der Waals surface area contributed by atoms with Gasteiger partial charge in [-0.15, -0.1) is 11.3 Å². The summed E-state index contributed by atoms with van der Waals surface area (Å²) in [6, 6.07) is 20.6. The van der Waals surface area contributed by atoms with Crippen LogP contribution in [0.1, 0.15) is 29.9 Å². The van der Waals surface area contributed by atoms with E-state index < -0.39 is 0 Å². The molecule has 3 rings (SSSR count). The zero-order valence-electron chi connectivity index (χ0n) is 15.2. The van der Waals surface area contributed by atoms with E-state index in [1.165, 1.54) is 21.6 Å². The number of hydrogen-bond donors (Lipinski definition) is 1. The molecule has 1 N–H and O–H groups in total. The van der Waals surface area contributed by atoms with E-state index in [0.717, 1.165) is 23.4 Å². The first kappa shape index (κ1) is 18.2. The van der Waals surface area contributed by atoms with Crippen molar-refractivity contribution in [3.05, 3.63) is 82.7 Å². The number of thiophene rings is 1. The molecule has 2 aromatic carbocycles. The summed E-state index contributed by atoms with van der Waals surface area (Å²) in [6.07, 6.45) is 5.30. The number of carbonyl (C=O) groups is 1. The standard InChI is InChI=1S/C23H23NOS/c1-3-17-11-8-12-18(4-2)23(17)24-22(25)16-14-20-13-15-21(26-20)19-9-6-5-7-10-19/h5-16H,3-4H2,1-2H3,(H,24,25)/b16-14+. The summed E-state index contributed by atoms with van der Waals surface area (Å²) >= 11 is 1.68. The van der Waals surface area contributed by atoms with Gasteiger partial charge in [0.25, 0.3) is 0 Å². The van der Waals surface area contributed by atoms with Crippen molar-refractivity contribution in [1.82, 2.24) is 0 Å². The Labute approximate surface area is 159 Å². The lowest BCUT2D eigenvalue weighted by Crippen LogP contribution is -2.11. The van der Waals surface area contributed by atoms with Crippen molar-refractivity contribution in [3.8, 4) is 10.4 Å². The first-order valence-corrected chi connectivity index (χ1v) is 9.78. The molecule has 0 aliphatic rings. The van der Waals surface area contributed by atoms with E-state index in [1.807, 2.05) is 30.3 Å². The van der Waals surface area contributed by atoms with Crippen LogP contribution in [0.25, 0.3) is 16.5 Å². The fourth-order valence-electron chi connectivity index (χ4n) is 2.93. The van der Waals surface area contributed by atoms with Gasteiger partial charge in [-0.05, 0) is 47.7 Å². The Morgan fingerprint density at radius 2 is 1.62 bits per heavy atom. The molecule has 0 saturated carbocycles. The van der Waals surface area contributed by atoms with E-state index in [0.29, 0.717) is 0 Å². The van der Waals surface area contributed by atoms with Crippen molar-refractivity contribution in [2.75, 3.05) is 5.32 Å². The second-order valence-corrected chi connectivity index (χ2v) is 7.16. The highest BCUT2D eigenvalue weighted by Crippen LogP contribution is 2.28.